The van der Waals surface area contributed by atoms with E-state index in [-0.39, 0.29) is 5.75 Å². The second kappa shape index (κ2) is 13.1. The van der Waals surface area contributed by atoms with Crippen LogP contribution in [0.4, 0.5) is 0 Å². The molecule has 0 aliphatic rings. The van der Waals surface area contributed by atoms with Crippen LogP contribution in [0.2, 0.25) is 0 Å². The van der Waals surface area contributed by atoms with Crippen molar-refractivity contribution in [3.05, 3.63) is 234 Å². The standard InChI is InChI=1S/C44H34O3/c45-41-33-19-32-40(43(34-20-7-1-8-21-34,35-22-9-2-10-23-35)46-38-28-15-5-16-29-38)42(41)44(36-24-11-3-12-25-36,37-26-13-4-14-27-37)47-39-30-17-6-18-31-39/h1-33,45H. The Kier molecular flexibility index (Phi) is 8.27. The zero-order valence-corrected chi connectivity index (χ0v) is 25.8. The first kappa shape index (κ1) is 29.6. The molecule has 3 heteroatoms. The molecule has 7 aromatic rings. The number of para-hydroxylation sites is 2. The molecule has 47 heavy (non-hydrogen) atoms. The Balaban J connectivity index is 1.65. The molecule has 0 aromatic heterocycles. The third-order valence-electron chi connectivity index (χ3n) is 8.52. The summed E-state index contributed by atoms with van der Waals surface area (Å²) < 4.78 is 14.6. The summed E-state index contributed by atoms with van der Waals surface area (Å²) in [6, 6.07) is 65.9. The van der Waals surface area contributed by atoms with Gasteiger partial charge in [-0.25, -0.2) is 0 Å². The Morgan fingerprint density at radius 2 is 0.638 bits per heavy atom. The van der Waals surface area contributed by atoms with Crippen LogP contribution in [0.25, 0.3) is 0 Å². The lowest BCUT2D eigenvalue weighted by Crippen LogP contribution is -2.43. The molecule has 228 valence electrons. The van der Waals surface area contributed by atoms with E-state index < -0.39 is 11.2 Å². The summed E-state index contributed by atoms with van der Waals surface area (Å²) in [6.07, 6.45) is 0. The average Bonchev–Trinajstić information content (AvgIpc) is 3.15. The molecule has 0 bridgehead atoms. The molecule has 7 aromatic carbocycles. The second-order valence-corrected chi connectivity index (χ2v) is 11.4. The summed E-state index contributed by atoms with van der Waals surface area (Å²) in [4.78, 5) is 0. The van der Waals surface area contributed by atoms with Crippen LogP contribution in [-0.4, -0.2) is 5.11 Å². The fraction of sp³-hybridized carbons (Fsp3) is 0.0455. The summed E-state index contributed by atoms with van der Waals surface area (Å²) >= 11 is 0. The number of benzene rings is 7. The van der Waals surface area contributed by atoms with E-state index in [1.165, 1.54) is 0 Å². The first-order chi connectivity index (χ1) is 23.2. The van der Waals surface area contributed by atoms with Crippen LogP contribution in [-0.2, 0) is 11.2 Å². The van der Waals surface area contributed by atoms with Gasteiger partial charge in [0, 0.05) is 27.8 Å². The lowest BCUT2D eigenvalue weighted by Gasteiger charge is -2.43. The van der Waals surface area contributed by atoms with Gasteiger partial charge in [0.15, 0.2) is 11.2 Å². The van der Waals surface area contributed by atoms with E-state index in [2.05, 4.69) is 48.5 Å². The number of hydrogen-bond acceptors (Lipinski definition) is 3. The smallest absolute Gasteiger partial charge is 0.188 e. The molecular formula is C44H34O3. The second-order valence-electron chi connectivity index (χ2n) is 11.4. The van der Waals surface area contributed by atoms with E-state index in [4.69, 9.17) is 9.47 Å². The first-order valence-electron chi connectivity index (χ1n) is 15.7. The summed E-state index contributed by atoms with van der Waals surface area (Å²) in [6.45, 7) is 0. The molecule has 0 aliphatic heterocycles. The van der Waals surface area contributed by atoms with Crippen LogP contribution in [0.5, 0.6) is 17.2 Å². The topological polar surface area (TPSA) is 38.7 Å². The molecule has 0 saturated heterocycles. The van der Waals surface area contributed by atoms with Crippen molar-refractivity contribution in [3.63, 3.8) is 0 Å². The van der Waals surface area contributed by atoms with Crippen molar-refractivity contribution in [2.75, 3.05) is 0 Å². The van der Waals surface area contributed by atoms with Crippen LogP contribution in [0.1, 0.15) is 33.4 Å². The molecule has 0 radical (unpaired) electrons. The van der Waals surface area contributed by atoms with E-state index in [1.54, 1.807) is 6.07 Å². The third kappa shape index (κ3) is 5.53. The molecule has 7 rings (SSSR count). The van der Waals surface area contributed by atoms with Crippen molar-refractivity contribution in [1.29, 1.82) is 0 Å². The SMILES string of the molecule is Oc1cccc(C(Oc2ccccc2)(c2ccccc2)c2ccccc2)c1C(Oc1ccccc1)(c1ccccc1)c1ccccc1. The van der Waals surface area contributed by atoms with E-state index in [9.17, 15) is 5.11 Å². The van der Waals surface area contributed by atoms with Crippen LogP contribution < -0.4 is 9.47 Å². The Morgan fingerprint density at radius 1 is 0.319 bits per heavy atom. The Labute approximate surface area is 276 Å². The zero-order chi connectivity index (χ0) is 31.9. The van der Waals surface area contributed by atoms with Gasteiger partial charge < -0.3 is 14.6 Å². The lowest BCUT2D eigenvalue weighted by molar-refractivity contribution is 0.127. The molecule has 0 amide bonds. The monoisotopic (exact) mass is 610 g/mol. The number of hydrogen-bond donors (Lipinski definition) is 1. The minimum absolute atomic E-state index is 0.0824. The predicted molar refractivity (Wildman–Crippen MR) is 188 cm³/mol. The van der Waals surface area contributed by atoms with Gasteiger partial charge in [0.05, 0.1) is 5.56 Å². The average molecular weight is 611 g/mol. The number of aromatic hydroxyl groups is 1. The fourth-order valence-corrected chi connectivity index (χ4v) is 6.50. The molecule has 0 spiro atoms. The highest BCUT2D eigenvalue weighted by Gasteiger charge is 2.49. The summed E-state index contributed by atoms with van der Waals surface area (Å²) in [5.41, 5.74) is 2.30. The maximum absolute atomic E-state index is 12.3. The number of ether oxygens (including phenoxy) is 2. The van der Waals surface area contributed by atoms with E-state index >= 15 is 0 Å². The molecule has 0 unspecified atom stereocenters. The van der Waals surface area contributed by atoms with Gasteiger partial charge in [0.25, 0.3) is 0 Å². The maximum Gasteiger partial charge on any atom is 0.188 e. The maximum atomic E-state index is 12.3. The van der Waals surface area contributed by atoms with E-state index in [1.807, 2.05) is 146 Å². The van der Waals surface area contributed by atoms with Gasteiger partial charge in [-0.05, 0) is 30.3 Å². The Morgan fingerprint density at radius 3 is 1.02 bits per heavy atom. The first-order valence-corrected chi connectivity index (χ1v) is 15.7. The van der Waals surface area contributed by atoms with Crippen molar-refractivity contribution in [2.45, 2.75) is 11.2 Å². The van der Waals surface area contributed by atoms with Crippen molar-refractivity contribution >= 4 is 0 Å². The Hall–Kier alpha value is -6.06. The van der Waals surface area contributed by atoms with Crippen molar-refractivity contribution in [1.82, 2.24) is 0 Å². The van der Waals surface area contributed by atoms with Crippen LogP contribution in [0.3, 0.4) is 0 Å². The molecule has 0 heterocycles. The largest absolute Gasteiger partial charge is 0.507 e. The third-order valence-corrected chi connectivity index (χ3v) is 8.52. The lowest BCUT2D eigenvalue weighted by atomic mass is 9.70. The number of rotatable bonds is 10. The molecule has 0 fully saturated rings. The van der Waals surface area contributed by atoms with Crippen molar-refractivity contribution in [3.8, 4) is 17.2 Å². The van der Waals surface area contributed by atoms with Gasteiger partial charge in [-0.15, -0.1) is 0 Å². The Bertz CT molecular complexity index is 1930. The van der Waals surface area contributed by atoms with Crippen molar-refractivity contribution in [2.24, 2.45) is 0 Å². The summed E-state index contributed by atoms with van der Waals surface area (Å²) in [7, 11) is 0. The minimum atomic E-state index is -1.31. The number of phenols is 1. The van der Waals surface area contributed by atoms with Gasteiger partial charge in [0.1, 0.15) is 17.2 Å². The molecule has 0 saturated carbocycles. The molecule has 0 aliphatic carbocycles. The zero-order valence-electron chi connectivity index (χ0n) is 25.8. The molecular weight excluding hydrogens is 576 g/mol. The van der Waals surface area contributed by atoms with Gasteiger partial charge in [-0.3, -0.25) is 0 Å². The minimum Gasteiger partial charge on any atom is -0.507 e. The molecule has 0 atom stereocenters. The van der Waals surface area contributed by atoms with Crippen LogP contribution in [0.15, 0.2) is 200 Å². The highest BCUT2D eigenvalue weighted by Crippen LogP contribution is 2.52. The van der Waals surface area contributed by atoms with Crippen molar-refractivity contribution < 1.29 is 14.6 Å². The fourth-order valence-electron chi connectivity index (χ4n) is 6.50. The predicted octanol–water partition coefficient (Wildman–Crippen LogP) is 10.1. The quantitative estimate of drug-likeness (QED) is 0.157. The molecule has 3 nitrogen and oxygen atoms in total. The van der Waals surface area contributed by atoms with Crippen LogP contribution in [0, 0.1) is 0 Å². The highest BCUT2D eigenvalue weighted by molar-refractivity contribution is 5.63. The number of phenolic OH excluding ortho intramolecular Hbond substituents is 1. The molecule has 1 N–H and O–H groups in total. The van der Waals surface area contributed by atoms with E-state index in [0.717, 1.165) is 27.8 Å². The van der Waals surface area contributed by atoms with Gasteiger partial charge >= 0.3 is 0 Å². The summed E-state index contributed by atoms with van der Waals surface area (Å²) in [5.74, 6) is 1.42. The van der Waals surface area contributed by atoms with Gasteiger partial charge in [-0.1, -0.05) is 170 Å². The normalized spacial score (nSPS) is 11.5. The summed E-state index contributed by atoms with van der Waals surface area (Å²) in [5, 5.41) is 12.3. The van der Waals surface area contributed by atoms with Gasteiger partial charge in [0.2, 0.25) is 0 Å². The highest BCUT2D eigenvalue weighted by atomic mass is 16.5. The van der Waals surface area contributed by atoms with E-state index in [0.29, 0.717) is 17.1 Å². The van der Waals surface area contributed by atoms with Crippen LogP contribution >= 0.6 is 0 Å². The van der Waals surface area contributed by atoms with Gasteiger partial charge in [-0.2, -0.15) is 0 Å².